The lowest BCUT2D eigenvalue weighted by Gasteiger charge is -2.14. The Morgan fingerprint density at radius 2 is 0.956 bits per heavy atom. The second-order valence-corrected chi connectivity index (χ2v) is 11.5. The van der Waals surface area contributed by atoms with Crippen molar-refractivity contribution in [2.75, 3.05) is 0 Å². The second-order valence-electron chi connectivity index (χ2n) is 11.5. The summed E-state index contributed by atoms with van der Waals surface area (Å²) in [5.74, 6) is 0.858. The molecular weight excluding hydrogens is 550 g/mol. The van der Waals surface area contributed by atoms with Crippen molar-refractivity contribution in [3.63, 3.8) is 0 Å². The maximum absolute atomic E-state index is 4.65. The van der Waals surface area contributed by atoms with Crippen LogP contribution in [0.5, 0.6) is 0 Å². The predicted molar refractivity (Wildman–Crippen MR) is 185 cm³/mol. The Kier molecular flexibility index (Phi) is 4.93. The van der Waals surface area contributed by atoms with Crippen LogP contribution in [0.3, 0.4) is 0 Å². The maximum Gasteiger partial charge on any atom is 0.140 e. The van der Waals surface area contributed by atoms with E-state index in [0.717, 1.165) is 28.2 Å². The van der Waals surface area contributed by atoms with E-state index >= 15 is 0 Å². The molecule has 4 heterocycles. The van der Waals surface area contributed by atoms with Crippen LogP contribution in [0.15, 0.2) is 152 Å². The molecule has 0 radical (unpaired) electrons. The van der Waals surface area contributed by atoms with Gasteiger partial charge in [0.2, 0.25) is 0 Å². The molecule has 5 nitrogen and oxygen atoms in total. The van der Waals surface area contributed by atoms with E-state index in [4.69, 9.17) is 0 Å². The highest BCUT2D eigenvalue weighted by atomic mass is 15.1. The molecule has 0 fully saturated rings. The zero-order valence-corrected chi connectivity index (χ0v) is 24.2. The normalized spacial score (nSPS) is 12.0. The number of hydrogen-bond acceptors (Lipinski definition) is 2. The van der Waals surface area contributed by atoms with Crippen molar-refractivity contribution in [1.82, 2.24) is 23.7 Å². The van der Waals surface area contributed by atoms with Crippen LogP contribution in [0.4, 0.5) is 0 Å². The molecule has 10 aromatic rings. The lowest BCUT2D eigenvalue weighted by Crippen LogP contribution is -2.00. The molecule has 4 aromatic heterocycles. The zero-order valence-electron chi connectivity index (χ0n) is 24.2. The maximum atomic E-state index is 4.65. The number of para-hydroxylation sites is 5. The van der Waals surface area contributed by atoms with Crippen LogP contribution < -0.4 is 0 Å². The lowest BCUT2D eigenvalue weighted by molar-refractivity contribution is 1.04. The van der Waals surface area contributed by atoms with Crippen LogP contribution in [0.2, 0.25) is 0 Å². The van der Waals surface area contributed by atoms with E-state index in [1.165, 1.54) is 54.4 Å². The van der Waals surface area contributed by atoms with Gasteiger partial charge in [-0.05, 0) is 54.6 Å². The fraction of sp³-hybridized carbons (Fsp3) is 0. The molecule has 0 spiro atoms. The van der Waals surface area contributed by atoms with Gasteiger partial charge in [-0.25, -0.2) is 9.97 Å². The van der Waals surface area contributed by atoms with Gasteiger partial charge in [-0.1, -0.05) is 84.9 Å². The van der Waals surface area contributed by atoms with Gasteiger partial charge in [-0.2, -0.15) is 0 Å². The summed E-state index contributed by atoms with van der Waals surface area (Å²) in [6.45, 7) is 0. The van der Waals surface area contributed by atoms with E-state index in [2.05, 4.69) is 157 Å². The Hall–Kier alpha value is -6.20. The summed E-state index contributed by atoms with van der Waals surface area (Å²) >= 11 is 0. The van der Waals surface area contributed by atoms with Gasteiger partial charge in [0.15, 0.2) is 0 Å². The highest BCUT2D eigenvalue weighted by Crippen LogP contribution is 2.42. The SMILES string of the molecule is c1ccc(-n2c3ccccc3c3cccc(-n4c5ccccc5c5cc6c(cc54)c4ccccc4n6-c4ccncn4)c32)cc1. The third-order valence-electron chi connectivity index (χ3n) is 9.19. The van der Waals surface area contributed by atoms with Crippen LogP contribution in [0.1, 0.15) is 0 Å². The second kappa shape index (κ2) is 9.15. The Labute approximate surface area is 257 Å². The minimum absolute atomic E-state index is 0.858. The molecule has 5 heteroatoms. The van der Waals surface area contributed by atoms with Crippen LogP contribution in [-0.4, -0.2) is 23.7 Å². The summed E-state index contributed by atoms with van der Waals surface area (Å²) in [6.07, 6.45) is 3.42. The summed E-state index contributed by atoms with van der Waals surface area (Å²) in [7, 11) is 0. The predicted octanol–water partition coefficient (Wildman–Crippen LogP) is 9.77. The lowest BCUT2D eigenvalue weighted by atomic mass is 10.1. The molecule has 0 aliphatic carbocycles. The fourth-order valence-electron chi connectivity index (χ4n) is 7.38. The van der Waals surface area contributed by atoms with E-state index in [-0.39, 0.29) is 0 Å². The van der Waals surface area contributed by atoms with Crippen LogP contribution in [-0.2, 0) is 0 Å². The van der Waals surface area contributed by atoms with Crippen molar-refractivity contribution in [2.45, 2.75) is 0 Å². The average Bonchev–Trinajstić information content (AvgIpc) is 3.73. The number of nitrogens with zero attached hydrogens (tertiary/aromatic N) is 5. The van der Waals surface area contributed by atoms with Crippen molar-refractivity contribution in [3.05, 3.63) is 152 Å². The molecule has 0 N–H and O–H groups in total. The monoisotopic (exact) mass is 575 g/mol. The number of aromatic nitrogens is 5. The van der Waals surface area contributed by atoms with Crippen molar-refractivity contribution >= 4 is 65.4 Å². The molecule has 0 saturated heterocycles. The molecular formula is C40H25N5. The van der Waals surface area contributed by atoms with Gasteiger partial charge < -0.3 is 9.13 Å². The molecule has 0 atom stereocenters. The third-order valence-corrected chi connectivity index (χ3v) is 9.19. The summed E-state index contributed by atoms with van der Waals surface area (Å²) in [5.41, 5.74) is 9.29. The van der Waals surface area contributed by atoms with E-state index in [0.29, 0.717) is 0 Å². The van der Waals surface area contributed by atoms with Crippen LogP contribution in [0.25, 0.3) is 82.6 Å². The van der Waals surface area contributed by atoms with Crippen molar-refractivity contribution in [2.24, 2.45) is 0 Å². The first-order chi connectivity index (χ1) is 22.4. The zero-order chi connectivity index (χ0) is 29.5. The molecule has 45 heavy (non-hydrogen) atoms. The summed E-state index contributed by atoms with van der Waals surface area (Å²) in [6, 6.07) is 50.2. The molecule has 0 aliphatic rings. The van der Waals surface area contributed by atoms with Gasteiger partial charge in [0, 0.05) is 44.2 Å². The van der Waals surface area contributed by atoms with E-state index in [1.54, 1.807) is 12.5 Å². The third kappa shape index (κ3) is 3.32. The molecule has 0 bridgehead atoms. The standard InChI is InChI=1S/C40H25N5/c1-2-11-26(12-3-1)43-33-17-7-4-13-27(33)30-16-10-20-36(40(30)43)44-34-18-8-5-14-28(34)31-24-38-32(23-37(31)44)29-15-6-9-19-35(29)45(38)39-21-22-41-25-42-39/h1-25H. The Balaban J connectivity index is 1.39. The van der Waals surface area contributed by atoms with Gasteiger partial charge in [-0.3, -0.25) is 4.57 Å². The van der Waals surface area contributed by atoms with Gasteiger partial charge >= 0.3 is 0 Å². The molecule has 0 saturated carbocycles. The Morgan fingerprint density at radius 3 is 1.62 bits per heavy atom. The quantitative estimate of drug-likeness (QED) is 0.210. The smallest absolute Gasteiger partial charge is 0.140 e. The highest BCUT2D eigenvalue weighted by molar-refractivity contribution is 6.20. The fourth-order valence-corrected chi connectivity index (χ4v) is 7.38. The molecule has 0 aliphatic heterocycles. The number of fused-ring (bicyclic) bond motifs is 9. The number of rotatable bonds is 3. The average molecular weight is 576 g/mol. The minimum Gasteiger partial charge on any atom is -0.307 e. The number of benzene rings is 6. The molecule has 6 aromatic carbocycles. The minimum atomic E-state index is 0.858. The van der Waals surface area contributed by atoms with E-state index in [9.17, 15) is 0 Å². The largest absolute Gasteiger partial charge is 0.307 e. The van der Waals surface area contributed by atoms with E-state index < -0.39 is 0 Å². The first-order valence-corrected chi connectivity index (χ1v) is 15.2. The summed E-state index contributed by atoms with van der Waals surface area (Å²) < 4.78 is 7.13. The summed E-state index contributed by atoms with van der Waals surface area (Å²) in [4.78, 5) is 8.84. The Morgan fingerprint density at radius 1 is 0.400 bits per heavy atom. The molecule has 0 amide bonds. The first kappa shape index (κ1) is 24.3. The molecule has 10 rings (SSSR count). The molecule has 0 unspecified atom stereocenters. The van der Waals surface area contributed by atoms with Crippen LogP contribution in [0, 0.1) is 0 Å². The summed E-state index contributed by atoms with van der Waals surface area (Å²) in [5, 5.41) is 7.29. The van der Waals surface area contributed by atoms with E-state index in [1.807, 2.05) is 6.07 Å². The van der Waals surface area contributed by atoms with Gasteiger partial charge in [0.05, 0.1) is 38.8 Å². The Bertz CT molecular complexity index is 2750. The van der Waals surface area contributed by atoms with Crippen molar-refractivity contribution in [1.29, 1.82) is 0 Å². The van der Waals surface area contributed by atoms with Crippen molar-refractivity contribution < 1.29 is 0 Å². The van der Waals surface area contributed by atoms with Gasteiger partial charge in [0.1, 0.15) is 12.1 Å². The molecule has 210 valence electrons. The first-order valence-electron chi connectivity index (χ1n) is 15.2. The highest BCUT2D eigenvalue weighted by Gasteiger charge is 2.22. The van der Waals surface area contributed by atoms with Gasteiger partial charge in [-0.15, -0.1) is 0 Å². The van der Waals surface area contributed by atoms with Gasteiger partial charge in [0.25, 0.3) is 0 Å². The van der Waals surface area contributed by atoms with Crippen LogP contribution >= 0.6 is 0 Å². The number of hydrogen-bond donors (Lipinski definition) is 0. The topological polar surface area (TPSA) is 40.6 Å². The van der Waals surface area contributed by atoms with Crippen molar-refractivity contribution in [3.8, 4) is 17.2 Å².